The van der Waals surface area contributed by atoms with Crippen LogP contribution in [0.4, 0.5) is 0 Å². The molecule has 1 aromatic heterocycles. The van der Waals surface area contributed by atoms with E-state index < -0.39 is 35.3 Å². The maximum Gasteiger partial charge on any atom is 0.352 e. The molecule has 172 valence electrons. The Morgan fingerprint density at radius 3 is 2.79 bits per heavy atom. The summed E-state index contributed by atoms with van der Waals surface area (Å²) >= 11 is 2.61. The maximum atomic E-state index is 12.8. The van der Waals surface area contributed by atoms with Crippen molar-refractivity contribution in [1.82, 2.24) is 30.4 Å². The van der Waals surface area contributed by atoms with Crippen LogP contribution in [0.25, 0.3) is 0 Å². The van der Waals surface area contributed by atoms with Crippen LogP contribution in [0.15, 0.2) is 46.8 Å². The number of carboxylic acids is 1. The van der Waals surface area contributed by atoms with Gasteiger partial charge in [-0.05, 0) is 16.0 Å². The Kier molecular flexibility index (Phi) is 6.65. The van der Waals surface area contributed by atoms with Crippen LogP contribution < -0.4 is 5.32 Å². The van der Waals surface area contributed by atoms with Crippen LogP contribution in [-0.4, -0.2) is 77.4 Å². The van der Waals surface area contributed by atoms with Gasteiger partial charge in [-0.1, -0.05) is 42.1 Å². The van der Waals surface area contributed by atoms with Crippen LogP contribution in [-0.2, 0) is 31.0 Å². The topological polar surface area (TPSA) is 157 Å². The summed E-state index contributed by atoms with van der Waals surface area (Å²) in [5, 5.41) is 23.4. The first kappa shape index (κ1) is 22.8. The van der Waals surface area contributed by atoms with E-state index in [1.807, 2.05) is 0 Å². The summed E-state index contributed by atoms with van der Waals surface area (Å²) in [5.41, 5.74) is 0.910. The number of nitrogens with one attached hydrogen (secondary N) is 1. The fraction of sp³-hybridized carbons (Fsp3) is 0.316. The molecule has 2 aliphatic heterocycles. The molecule has 1 saturated heterocycles. The third-order valence-corrected chi connectivity index (χ3v) is 7.47. The largest absolute Gasteiger partial charge is 0.477 e. The number of ether oxygens (including phenoxy) is 1. The number of hydrogen-bond acceptors (Lipinski definition) is 10. The van der Waals surface area contributed by atoms with Gasteiger partial charge in [0.1, 0.15) is 17.1 Å². The number of amides is 2. The minimum Gasteiger partial charge on any atom is -0.477 e. The number of hydrogen-bond donors (Lipinski definition) is 2. The molecule has 0 radical (unpaired) electrons. The van der Waals surface area contributed by atoms with Gasteiger partial charge in [0.05, 0.1) is 0 Å². The zero-order valence-electron chi connectivity index (χ0n) is 17.2. The van der Waals surface area contributed by atoms with E-state index in [4.69, 9.17) is 4.74 Å². The summed E-state index contributed by atoms with van der Waals surface area (Å²) in [5.74, 6) is -1.79. The zero-order valence-corrected chi connectivity index (χ0v) is 18.8. The van der Waals surface area contributed by atoms with Crippen molar-refractivity contribution in [2.75, 3.05) is 11.5 Å². The number of thioether (sulfide) groups is 2. The lowest BCUT2D eigenvalue weighted by Gasteiger charge is -2.49. The number of benzene rings is 1. The van der Waals surface area contributed by atoms with Gasteiger partial charge in [-0.25, -0.2) is 9.48 Å². The lowest BCUT2D eigenvalue weighted by Crippen LogP contribution is -2.71. The smallest absolute Gasteiger partial charge is 0.352 e. The molecule has 1 fully saturated rings. The molecule has 33 heavy (non-hydrogen) atoms. The van der Waals surface area contributed by atoms with Crippen LogP contribution in [0.1, 0.15) is 11.7 Å². The first-order valence-corrected chi connectivity index (χ1v) is 11.7. The van der Waals surface area contributed by atoms with Crippen molar-refractivity contribution in [3.05, 3.63) is 47.2 Å². The number of aromatic nitrogens is 4. The third kappa shape index (κ3) is 4.43. The number of β-lactam (4-membered cyclic amide) rings is 1. The summed E-state index contributed by atoms with van der Waals surface area (Å²) < 4.78 is 6.40. The van der Waals surface area contributed by atoms with Crippen molar-refractivity contribution < 1.29 is 29.0 Å². The number of carbonyl (C=O) groups is 4. The highest BCUT2D eigenvalue weighted by Crippen LogP contribution is 2.41. The molecule has 0 aliphatic carbocycles. The maximum absolute atomic E-state index is 12.8. The van der Waals surface area contributed by atoms with E-state index >= 15 is 0 Å². The fourth-order valence-corrected chi connectivity index (χ4v) is 5.83. The molecule has 3 atom stereocenters. The Morgan fingerprint density at radius 1 is 1.39 bits per heavy atom. The molecule has 2 amide bonds. The molecule has 3 heterocycles. The minimum absolute atomic E-state index is 0.0966. The van der Waals surface area contributed by atoms with Crippen molar-refractivity contribution in [1.29, 1.82) is 0 Å². The SMILES string of the molecule is Cn1nnnc1SCC1=C(C(=O)O)N2C(=O)[C@@H](NC(=O)C(OC=O)c3ccccc3)[C@H]2SC1. The van der Waals surface area contributed by atoms with Crippen molar-refractivity contribution in [2.45, 2.75) is 22.7 Å². The quantitative estimate of drug-likeness (QED) is 0.276. The van der Waals surface area contributed by atoms with E-state index in [1.165, 1.54) is 33.1 Å². The monoisotopic (exact) mass is 490 g/mol. The van der Waals surface area contributed by atoms with Gasteiger partial charge in [0.2, 0.25) is 11.3 Å². The Balaban J connectivity index is 1.48. The second-order valence-electron chi connectivity index (χ2n) is 7.05. The van der Waals surface area contributed by atoms with E-state index in [2.05, 4.69) is 20.8 Å². The Morgan fingerprint density at radius 2 is 2.15 bits per heavy atom. The normalized spacial score (nSPS) is 20.5. The number of rotatable bonds is 9. The highest BCUT2D eigenvalue weighted by atomic mass is 32.2. The second-order valence-corrected chi connectivity index (χ2v) is 9.10. The van der Waals surface area contributed by atoms with Gasteiger partial charge in [0.15, 0.2) is 0 Å². The zero-order chi connectivity index (χ0) is 23.5. The predicted octanol–water partition coefficient (Wildman–Crippen LogP) is -0.0449. The standard InChI is InChI=1S/C19H18N6O6S2/c1-24-19(21-22-23-24)33-8-11-7-32-17-12(16(28)25(17)13(11)18(29)30)20-15(27)14(31-9-26)10-5-3-2-4-6-10/h2-6,9,12,14,17H,7-8H2,1H3,(H,20,27)(H,29,30)/t12-,14?,17-/m1/s1. The molecule has 2 N–H and O–H groups in total. The average Bonchev–Trinajstić information content (AvgIpc) is 3.23. The van der Waals surface area contributed by atoms with E-state index in [0.717, 1.165) is 0 Å². The molecule has 0 saturated carbocycles. The molecule has 14 heteroatoms. The predicted molar refractivity (Wildman–Crippen MR) is 116 cm³/mol. The van der Waals surface area contributed by atoms with Crippen LogP contribution >= 0.6 is 23.5 Å². The molecule has 2 aromatic rings. The minimum atomic E-state index is -1.23. The van der Waals surface area contributed by atoms with Crippen molar-refractivity contribution >= 4 is 47.8 Å². The number of aryl methyl sites for hydroxylation is 1. The molecule has 12 nitrogen and oxygen atoms in total. The van der Waals surface area contributed by atoms with E-state index in [1.54, 1.807) is 37.4 Å². The number of tetrazole rings is 1. The molecule has 2 aliphatic rings. The van der Waals surface area contributed by atoms with Crippen LogP contribution in [0.2, 0.25) is 0 Å². The Bertz CT molecular complexity index is 1120. The molecule has 0 bridgehead atoms. The van der Waals surface area contributed by atoms with Crippen molar-refractivity contribution in [3.8, 4) is 0 Å². The first-order valence-electron chi connectivity index (χ1n) is 9.62. The van der Waals surface area contributed by atoms with E-state index in [0.29, 0.717) is 27.8 Å². The number of aliphatic carboxylic acids is 1. The number of carboxylic acid groups (broad SMARTS) is 1. The fourth-order valence-electron chi connectivity index (χ4n) is 3.49. The summed E-state index contributed by atoms with van der Waals surface area (Å²) in [4.78, 5) is 49.7. The van der Waals surface area contributed by atoms with Gasteiger partial charge < -0.3 is 15.2 Å². The van der Waals surface area contributed by atoms with E-state index in [-0.39, 0.29) is 12.2 Å². The molecule has 4 rings (SSSR count). The van der Waals surface area contributed by atoms with Gasteiger partial charge in [-0.3, -0.25) is 19.3 Å². The summed E-state index contributed by atoms with van der Waals surface area (Å²) in [7, 11) is 1.67. The summed E-state index contributed by atoms with van der Waals surface area (Å²) in [6.45, 7) is 0.170. The number of nitrogens with zero attached hydrogens (tertiary/aromatic N) is 5. The highest BCUT2D eigenvalue weighted by Gasteiger charge is 2.54. The van der Waals surface area contributed by atoms with Crippen LogP contribution in [0.5, 0.6) is 0 Å². The average molecular weight is 491 g/mol. The highest BCUT2D eigenvalue weighted by molar-refractivity contribution is 8.01. The third-order valence-electron chi connectivity index (χ3n) is 5.04. The lowest BCUT2D eigenvalue weighted by atomic mass is 10.0. The van der Waals surface area contributed by atoms with Crippen molar-refractivity contribution in [3.63, 3.8) is 0 Å². The van der Waals surface area contributed by atoms with Crippen LogP contribution in [0.3, 0.4) is 0 Å². The van der Waals surface area contributed by atoms with Gasteiger partial charge in [0, 0.05) is 24.1 Å². The van der Waals surface area contributed by atoms with Gasteiger partial charge in [-0.2, -0.15) is 0 Å². The summed E-state index contributed by atoms with van der Waals surface area (Å²) in [6.07, 6.45) is -1.22. The molecular formula is C19H18N6O6S2. The Labute approximate surface area is 195 Å². The molecule has 1 aromatic carbocycles. The van der Waals surface area contributed by atoms with E-state index in [9.17, 15) is 24.3 Å². The lowest BCUT2D eigenvalue weighted by molar-refractivity contribution is -0.154. The molecule has 0 spiro atoms. The van der Waals surface area contributed by atoms with Crippen molar-refractivity contribution in [2.24, 2.45) is 7.05 Å². The van der Waals surface area contributed by atoms with Gasteiger partial charge >= 0.3 is 5.97 Å². The van der Waals surface area contributed by atoms with Gasteiger partial charge in [-0.15, -0.1) is 16.9 Å². The second kappa shape index (κ2) is 9.62. The van der Waals surface area contributed by atoms with Gasteiger partial charge in [0.25, 0.3) is 18.3 Å². The Hall–Kier alpha value is -3.39. The number of fused-ring (bicyclic) bond motifs is 1. The molecule has 1 unspecified atom stereocenters. The summed E-state index contributed by atoms with van der Waals surface area (Å²) in [6, 6.07) is 7.45. The first-order chi connectivity index (χ1) is 15.9. The number of carbonyl (C=O) groups excluding carboxylic acids is 3. The molecular weight excluding hydrogens is 472 g/mol. The van der Waals surface area contributed by atoms with Crippen LogP contribution in [0, 0.1) is 0 Å².